The van der Waals surface area contributed by atoms with Gasteiger partial charge in [-0.15, -0.1) is 0 Å². The number of nitrogens with zero attached hydrogens (tertiary/aromatic N) is 3. The molecule has 0 amide bonds. The summed E-state index contributed by atoms with van der Waals surface area (Å²) in [6.07, 6.45) is 2.87. The molecule has 0 saturated carbocycles. The smallest absolute Gasteiger partial charge is 0.417 e. The summed E-state index contributed by atoms with van der Waals surface area (Å²) in [4.78, 5) is 49.4. The first-order chi connectivity index (χ1) is 32.3. The van der Waals surface area contributed by atoms with Gasteiger partial charge in [-0.1, -0.05) is 69.9 Å². The number of benzene rings is 1. The van der Waals surface area contributed by atoms with Gasteiger partial charge in [0.05, 0.1) is 28.1 Å². The zero-order valence-corrected chi connectivity index (χ0v) is 42.5. The number of carbonyl (C=O) groups is 3. The van der Waals surface area contributed by atoms with Gasteiger partial charge >= 0.3 is 12.1 Å². The molecule has 2 aliphatic carbocycles. The van der Waals surface area contributed by atoms with Crippen molar-refractivity contribution in [3.63, 3.8) is 0 Å². The van der Waals surface area contributed by atoms with Crippen LogP contribution in [0.2, 0.25) is 0 Å². The van der Waals surface area contributed by atoms with Crippen molar-refractivity contribution in [3.05, 3.63) is 82.4 Å². The van der Waals surface area contributed by atoms with Crippen LogP contribution in [0.3, 0.4) is 0 Å². The Morgan fingerprint density at radius 3 is 1.78 bits per heavy atom. The summed E-state index contributed by atoms with van der Waals surface area (Å²) in [5.74, 6) is 2.47. The molecule has 0 aliphatic heterocycles. The van der Waals surface area contributed by atoms with Gasteiger partial charge < -0.3 is 34.5 Å². The van der Waals surface area contributed by atoms with Gasteiger partial charge in [-0.3, -0.25) is 9.59 Å². The molecule has 0 fully saturated rings. The number of halogens is 4. The van der Waals surface area contributed by atoms with Crippen molar-refractivity contribution < 1.29 is 62.0 Å². The predicted molar refractivity (Wildman–Crippen MR) is 265 cm³/mol. The fourth-order valence-corrected chi connectivity index (χ4v) is 9.25. The number of pyridine rings is 1. The first kappa shape index (κ1) is 59.4. The number of aromatic nitrogens is 1. The molecule has 5 atom stereocenters. The summed E-state index contributed by atoms with van der Waals surface area (Å²) in [6.45, 7) is 16.5. The number of hydrogen-bond donors (Lipinski definition) is 3. The Hall–Kier alpha value is -4.68. The Bertz CT molecular complexity index is 2050. The topological polar surface area (TPSA) is 186 Å². The minimum Gasteiger partial charge on any atom is -0.511 e. The van der Waals surface area contributed by atoms with Crippen LogP contribution >= 0.6 is 35.1 Å². The van der Waals surface area contributed by atoms with E-state index in [4.69, 9.17) is 35.9 Å². The third-order valence-electron chi connectivity index (χ3n) is 10.2. The maximum absolute atomic E-state index is 12.5. The first-order valence-electron chi connectivity index (χ1n) is 22.8. The number of oxime groups is 2. The van der Waals surface area contributed by atoms with Crippen molar-refractivity contribution in [1.82, 2.24) is 4.98 Å². The van der Waals surface area contributed by atoms with Crippen LogP contribution in [0, 0.1) is 11.8 Å². The van der Waals surface area contributed by atoms with Crippen LogP contribution in [0.1, 0.15) is 119 Å². The number of carboxylic acids is 1. The highest BCUT2D eigenvalue weighted by Gasteiger charge is 2.33. The van der Waals surface area contributed by atoms with Gasteiger partial charge in [0.1, 0.15) is 36.2 Å². The maximum atomic E-state index is 12.5. The van der Waals surface area contributed by atoms with Gasteiger partial charge in [0.15, 0.2) is 17.7 Å². The van der Waals surface area contributed by atoms with Crippen LogP contribution in [-0.4, -0.2) is 90.6 Å². The summed E-state index contributed by atoms with van der Waals surface area (Å²) >= 11 is 9.20. The van der Waals surface area contributed by atoms with Crippen LogP contribution < -0.4 is 9.47 Å². The Morgan fingerprint density at radius 2 is 1.35 bits per heavy atom. The van der Waals surface area contributed by atoms with Gasteiger partial charge in [0, 0.05) is 54.0 Å². The number of Topliss-reactive ketones (excluding diaryl/α,β-unsaturated/α-hetero) is 2. The Morgan fingerprint density at radius 1 is 0.824 bits per heavy atom. The second kappa shape index (κ2) is 31.4. The van der Waals surface area contributed by atoms with Crippen molar-refractivity contribution in [2.24, 2.45) is 22.1 Å². The van der Waals surface area contributed by atoms with Gasteiger partial charge in [0.2, 0.25) is 5.88 Å². The van der Waals surface area contributed by atoms with E-state index < -0.39 is 23.8 Å². The number of carbonyl (C=O) groups excluding carboxylic acids is 2. The molecule has 0 radical (unpaired) electrons. The number of aliphatic hydroxyl groups excluding tert-OH is 2. The van der Waals surface area contributed by atoms with E-state index in [-0.39, 0.29) is 47.4 Å². The number of ketones is 2. The van der Waals surface area contributed by atoms with Gasteiger partial charge in [-0.25, -0.2) is 9.78 Å². The normalized spacial score (nSPS) is 18.2. The van der Waals surface area contributed by atoms with Crippen LogP contribution in [0.4, 0.5) is 13.2 Å². The van der Waals surface area contributed by atoms with Gasteiger partial charge in [-0.2, -0.15) is 36.7 Å². The van der Waals surface area contributed by atoms with Crippen LogP contribution in [0.5, 0.6) is 17.4 Å². The number of ether oxygens (including phenoxy) is 2. The molecule has 0 saturated heterocycles. The molecule has 19 heteroatoms. The number of aliphatic hydroxyl groups is 2. The highest BCUT2D eigenvalue weighted by Crippen LogP contribution is 2.35. The number of aliphatic carboxylic acids is 1. The Labute approximate surface area is 412 Å². The summed E-state index contributed by atoms with van der Waals surface area (Å²) in [5, 5.41) is 38.5. The lowest BCUT2D eigenvalue weighted by Gasteiger charge is -2.25. The van der Waals surface area contributed by atoms with Gasteiger partial charge in [-0.05, 0) is 99.3 Å². The minimum atomic E-state index is -4.45. The van der Waals surface area contributed by atoms with Crippen molar-refractivity contribution in [2.75, 3.05) is 24.7 Å². The van der Waals surface area contributed by atoms with Gasteiger partial charge in [0.25, 0.3) is 0 Å². The van der Waals surface area contributed by atoms with Crippen LogP contribution in [0.15, 0.2) is 87.2 Å². The summed E-state index contributed by atoms with van der Waals surface area (Å²) in [7, 11) is 0. The lowest BCUT2D eigenvalue weighted by Crippen LogP contribution is -2.26. The molecule has 13 nitrogen and oxygen atoms in total. The number of alkyl halides is 3. The maximum Gasteiger partial charge on any atom is 0.417 e. The lowest BCUT2D eigenvalue weighted by atomic mass is 9.82. The zero-order valence-electron chi connectivity index (χ0n) is 40.1. The second-order valence-electron chi connectivity index (χ2n) is 15.9. The average Bonchev–Trinajstić information content (AvgIpc) is 3.27. The van der Waals surface area contributed by atoms with Crippen molar-refractivity contribution in [2.45, 2.75) is 136 Å². The van der Waals surface area contributed by atoms with E-state index >= 15 is 0 Å². The summed E-state index contributed by atoms with van der Waals surface area (Å²) in [5.41, 5.74) is 2.34. The lowest BCUT2D eigenvalue weighted by molar-refractivity contribution is -0.144. The average molecular weight is 1010 g/mol. The summed E-state index contributed by atoms with van der Waals surface area (Å²) < 4.78 is 47.7. The van der Waals surface area contributed by atoms with Crippen molar-refractivity contribution in [1.29, 1.82) is 0 Å². The predicted octanol–water partition coefficient (Wildman–Crippen LogP) is 13.1. The van der Waals surface area contributed by atoms with E-state index in [1.807, 2.05) is 44.3 Å². The number of thioether (sulfide) groups is 2. The van der Waals surface area contributed by atoms with E-state index in [1.165, 1.54) is 36.7 Å². The summed E-state index contributed by atoms with van der Waals surface area (Å²) in [6, 6.07) is 7.93. The third-order valence-corrected chi connectivity index (χ3v) is 12.6. The molecule has 378 valence electrons. The molecule has 2 aliphatic rings. The molecule has 4 rings (SSSR count). The van der Waals surface area contributed by atoms with E-state index in [9.17, 15) is 37.8 Å². The quantitative estimate of drug-likeness (QED) is 0.0543. The van der Waals surface area contributed by atoms with Crippen molar-refractivity contribution in [3.8, 4) is 17.4 Å². The van der Waals surface area contributed by atoms with E-state index in [2.05, 4.69) is 43.0 Å². The minimum absolute atomic E-state index is 0.00516. The van der Waals surface area contributed by atoms with Crippen LogP contribution in [0.25, 0.3) is 0 Å². The SMILES string of the molecule is CC(Oc1ccc(Oc2ccc(C(F)(F)F)cn2)cc1)C(=O)O.CCC/C(=N\OCC)C1=C(O)CC(CC(C)SCC)CC1=O.CCSC(C)CC1CC(=O)C(/C(CC)=N/OC/C=C/Cl)=C(O)C1. The highest BCUT2D eigenvalue weighted by molar-refractivity contribution is 8.00. The number of rotatable bonds is 23. The highest BCUT2D eigenvalue weighted by atomic mass is 35.5. The monoisotopic (exact) mass is 1010 g/mol. The largest absolute Gasteiger partial charge is 0.511 e. The van der Waals surface area contributed by atoms with E-state index in [0.717, 1.165) is 42.9 Å². The molecule has 68 heavy (non-hydrogen) atoms. The standard InChI is InChI=1S/C17H26ClNO3S.C17H29NO3S.C15H12F3NO4/c1-4-14(19-22-8-6-7-18)17-15(20)10-13(11-16(17)21)9-12(3)23-5-2;1-5-8-14(18-21-6-2)17-15(19)10-13(11-16(17)20)9-12(4)22-7-3;1-9(14(20)21)22-11-3-5-12(6-4-11)23-13-7-2-10(8-19-13)15(16,17)18/h6-7,12-13,20H,4-5,8-11H2,1-3H3;12-13,19H,5-11H2,1-4H3;2-9H,1H3,(H,20,21)/b7-6+,19-14+;18-14+;. The molecule has 3 N–H and O–H groups in total. The Balaban J connectivity index is 0.000000350. The van der Waals surface area contributed by atoms with Crippen molar-refractivity contribution >= 4 is 64.1 Å². The second-order valence-corrected chi connectivity index (χ2v) is 19.5. The molecule has 5 unspecified atom stereocenters. The Kier molecular flexibility index (Phi) is 27.5. The molecule has 2 aromatic rings. The van der Waals surface area contributed by atoms with E-state index in [1.54, 1.807) is 6.08 Å². The fourth-order valence-electron chi connectivity index (χ4n) is 7.22. The van der Waals surface area contributed by atoms with E-state index in [0.29, 0.717) is 95.9 Å². The molecule has 1 aromatic carbocycles. The number of carboxylic acid groups (broad SMARTS) is 1. The molecule has 1 aromatic heterocycles. The van der Waals surface area contributed by atoms with Crippen LogP contribution in [-0.2, 0) is 30.2 Å². The first-order valence-corrected chi connectivity index (χ1v) is 25.3. The fraction of sp³-hybridized carbons (Fsp3) is 0.551. The molecule has 1 heterocycles. The third kappa shape index (κ3) is 21.3. The molecule has 0 bridgehead atoms. The number of allylic oxidation sites excluding steroid dienone is 4. The zero-order chi connectivity index (χ0) is 50.8. The molecule has 0 spiro atoms. The molecular weight excluding hydrogens is 947 g/mol. The number of hydrogen-bond acceptors (Lipinski definition) is 14. The molecular formula is C49H67ClF3N3O10S2.